The van der Waals surface area contributed by atoms with Crippen LogP contribution in [0.5, 0.6) is 0 Å². The first-order chi connectivity index (χ1) is 8.40. The van der Waals surface area contributed by atoms with Gasteiger partial charge in [-0.1, -0.05) is 25.7 Å². The molecular formula is C13H20N4. The number of hydrogen-bond acceptors (Lipinski definition) is 3. The lowest BCUT2D eigenvalue weighted by molar-refractivity contribution is 0.583. The van der Waals surface area contributed by atoms with Gasteiger partial charge in [0.15, 0.2) is 0 Å². The number of amidine groups is 1. The minimum atomic E-state index is 0.406. The van der Waals surface area contributed by atoms with E-state index in [4.69, 9.17) is 10.8 Å². The van der Waals surface area contributed by atoms with E-state index in [1.54, 1.807) is 12.4 Å². The van der Waals surface area contributed by atoms with E-state index < -0.39 is 0 Å². The minimum absolute atomic E-state index is 0.406. The Morgan fingerprint density at radius 2 is 2.06 bits per heavy atom. The molecule has 1 aliphatic rings. The molecule has 4 nitrogen and oxygen atoms in total. The van der Waals surface area contributed by atoms with Gasteiger partial charge in [-0.15, -0.1) is 0 Å². The number of hydrogen-bond donors (Lipinski definition) is 2. The van der Waals surface area contributed by atoms with E-state index in [0.29, 0.717) is 6.04 Å². The molecule has 0 amide bonds. The maximum absolute atomic E-state index is 5.55. The van der Waals surface area contributed by atoms with E-state index in [0.717, 1.165) is 11.4 Å². The van der Waals surface area contributed by atoms with E-state index in [-0.39, 0.29) is 0 Å². The average molecular weight is 232 g/mol. The molecule has 0 aliphatic heterocycles. The minimum Gasteiger partial charge on any atom is -0.308 e. The summed E-state index contributed by atoms with van der Waals surface area (Å²) in [5.41, 5.74) is 3.65. The molecule has 0 bridgehead atoms. The molecule has 92 valence electrons. The second-order valence-corrected chi connectivity index (χ2v) is 4.51. The molecule has 0 unspecified atom stereocenters. The van der Waals surface area contributed by atoms with Crippen LogP contribution < -0.4 is 11.3 Å². The highest BCUT2D eigenvalue weighted by Crippen LogP contribution is 2.20. The van der Waals surface area contributed by atoms with Crippen molar-refractivity contribution in [3.05, 3.63) is 30.1 Å². The highest BCUT2D eigenvalue weighted by molar-refractivity contribution is 5.98. The predicted octanol–water partition coefficient (Wildman–Crippen LogP) is 2.01. The van der Waals surface area contributed by atoms with Crippen LogP contribution in [0.25, 0.3) is 0 Å². The topological polar surface area (TPSA) is 63.3 Å². The van der Waals surface area contributed by atoms with Gasteiger partial charge in [-0.25, -0.2) is 5.84 Å². The van der Waals surface area contributed by atoms with Crippen molar-refractivity contribution in [1.82, 2.24) is 10.4 Å². The van der Waals surface area contributed by atoms with Crippen LogP contribution in [0, 0.1) is 0 Å². The summed E-state index contributed by atoms with van der Waals surface area (Å²) < 4.78 is 0. The molecular weight excluding hydrogens is 212 g/mol. The molecule has 17 heavy (non-hydrogen) atoms. The summed E-state index contributed by atoms with van der Waals surface area (Å²) in [6, 6.07) is 4.28. The van der Waals surface area contributed by atoms with Gasteiger partial charge in [-0.05, 0) is 25.0 Å². The van der Waals surface area contributed by atoms with E-state index in [1.165, 1.54) is 38.5 Å². The fourth-order valence-corrected chi connectivity index (χ4v) is 2.27. The quantitative estimate of drug-likeness (QED) is 0.269. The van der Waals surface area contributed by atoms with Crippen molar-refractivity contribution < 1.29 is 0 Å². The van der Waals surface area contributed by atoms with Crippen LogP contribution in [-0.4, -0.2) is 16.9 Å². The van der Waals surface area contributed by atoms with Gasteiger partial charge in [-0.2, -0.15) is 0 Å². The van der Waals surface area contributed by atoms with Crippen molar-refractivity contribution in [3.63, 3.8) is 0 Å². The smallest absolute Gasteiger partial charge is 0.144 e. The van der Waals surface area contributed by atoms with Gasteiger partial charge in [0.05, 0.1) is 6.04 Å². The lowest BCUT2D eigenvalue weighted by Crippen LogP contribution is -2.32. The van der Waals surface area contributed by atoms with E-state index in [1.807, 2.05) is 12.1 Å². The van der Waals surface area contributed by atoms with Crippen molar-refractivity contribution in [2.24, 2.45) is 10.8 Å². The van der Waals surface area contributed by atoms with Crippen molar-refractivity contribution in [2.75, 3.05) is 0 Å². The molecule has 1 fully saturated rings. The summed E-state index contributed by atoms with van der Waals surface area (Å²) in [4.78, 5) is 8.81. The van der Waals surface area contributed by atoms with Crippen molar-refractivity contribution in [3.8, 4) is 0 Å². The first-order valence-electron chi connectivity index (χ1n) is 6.35. The first kappa shape index (κ1) is 12.0. The number of nitrogens with two attached hydrogens (primary N) is 1. The van der Waals surface area contributed by atoms with Gasteiger partial charge in [0.2, 0.25) is 0 Å². The number of nitrogens with one attached hydrogen (secondary N) is 1. The standard InChI is InChI=1S/C13H20N4/c14-17-13(11-6-5-9-15-10-11)16-12-7-3-1-2-4-8-12/h5-6,9-10,12H,1-4,7-8,14H2,(H,16,17). The first-order valence-corrected chi connectivity index (χ1v) is 6.35. The maximum Gasteiger partial charge on any atom is 0.144 e. The molecule has 2 rings (SSSR count). The Morgan fingerprint density at radius 3 is 2.65 bits per heavy atom. The number of hydrazine groups is 1. The summed E-state index contributed by atoms with van der Waals surface area (Å²) in [5.74, 6) is 6.31. The molecule has 1 aromatic heterocycles. The molecule has 1 aliphatic carbocycles. The zero-order valence-corrected chi connectivity index (χ0v) is 10.1. The molecule has 1 aromatic rings. The van der Waals surface area contributed by atoms with Crippen LogP contribution in [0.3, 0.4) is 0 Å². The summed E-state index contributed by atoms with van der Waals surface area (Å²) in [5, 5.41) is 0. The van der Waals surface area contributed by atoms with Gasteiger partial charge in [0.25, 0.3) is 0 Å². The Bertz CT molecular complexity index is 353. The summed E-state index contributed by atoms with van der Waals surface area (Å²) in [6.07, 6.45) is 11.1. The third kappa shape index (κ3) is 3.53. The van der Waals surface area contributed by atoms with Gasteiger partial charge >= 0.3 is 0 Å². The zero-order valence-electron chi connectivity index (χ0n) is 10.1. The number of rotatable bonds is 2. The Hall–Kier alpha value is -1.42. The van der Waals surface area contributed by atoms with Crippen LogP contribution in [0.4, 0.5) is 0 Å². The molecule has 0 saturated heterocycles. The highest BCUT2D eigenvalue weighted by atomic mass is 15.3. The van der Waals surface area contributed by atoms with Gasteiger partial charge < -0.3 is 5.43 Å². The number of pyridine rings is 1. The van der Waals surface area contributed by atoms with Crippen LogP contribution in [0.1, 0.15) is 44.1 Å². The Kier molecular flexibility index (Phi) is 4.50. The van der Waals surface area contributed by atoms with E-state index in [2.05, 4.69) is 10.4 Å². The maximum atomic E-state index is 5.55. The number of aromatic nitrogens is 1. The summed E-state index contributed by atoms with van der Waals surface area (Å²) in [7, 11) is 0. The van der Waals surface area contributed by atoms with Crippen molar-refractivity contribution in [2.45, 2.75) is 44.6 Å². The monoisotopic (exact) mass is 232 g/mol. The Labute approximate surface area is 102 Å². The fraction of sp³-hybridized carbons (Fsp3) is 0.538. The van der Waals surface area contributed by atoms with Crippen LogP contribution in [0.15, 0.2) is 29.5 Å². The average Bonchev–Trinajstić information content (AvgIpc) is 2.65. The second kappa shape index (κ2) is 6.35. The number of aliphatic imine (C=N–C) groups is 1. The molecule has 3 N–H and O–H groups in total. The lowest BCUT2D eigenvalue weighted by atomic mass is 10.1. The fourth-order valence-electron chi connectivity index (χ4n) is 2.27. The van der Waals surface area contributed by atoms with Gasteiger partial charge in [0.1, 0.15) is 5.84 Å². The van der Waals surface area contributed by atoms with E-state index >= 15 is 0 Å². The highest BCUT2D eigenvalue weighted by Gasteiger charge is 2.12. The third-order valence-electron chi connectivity index (χ3n) is 3.21. The third-order valence-corrected chi connectivity index (χ3v) is 3.21. The Balaban J connectivity index is 2.11. The SMILES string of the molecule is NNC(=NC1CCCCCC1)c1cccnc1. The van der Waals surface area contributed by atoms with Crippen molar-refractivity contribution >= 4 is 5.84 Å². The normalized spacial score (nSPS) is 18.8. The molecule has 0 radical (unpaired) electrons. The summed E-state index contributed by atoms with van der Waals surface area (Å²) in [6.45, 7) is 0. The number of nitrogens with zero attached hydrogens (tertiary/aromatic N) is 2. The molecule has 4 heteroatoms. The van der Waals surface area contributed by atoms with Crippen LogP contribution >= 0.6 is 0 Å². The second-order valence-electron chi connectivity index (χ2n) is 4.51. The predicted molar refractivity (Wildman–Crippen MR) is 69.6 cm³/mol. The van der Waals surface area contributed by atoms with Gasteiger partial charge in [-0.3, -0.25) is 9.98 Å². The van der Waals surface area contributed by atoms with Crippen LogP contribution in [0.2, 0.25) is 0 Å². The Morgan fingerprint density at radius 1 is 1.29 bits per heavy atom. The molecule has 1 saturated carbocycles. The van der Waals surface area contributed by atoms with Crippen molar-refractivity contribution in [1.29, 1.82) is 0 Å². The zero-order chi connectivity index (χ0) is 11.9. The summed E-state index contributed by atoms with van der Waals surface area (Å²) >= 11 is 0. The van der Waals surface area contributed by atoms with Gasteiger partial charge in [0, 0.05) is 18.0 Å². The molecule has 1 heterocycles. The largest absolute Gasteiger partial charge is 0.308 e. The molecule has 0 aromatic carbocycles. The van der Waals surface area contributed by atoms with E-state index in [9.17, 15) is 0 Å². The molecule has 0 atom stereocenters. The van der Waals surface area contributed by atoms with Crippen LogP contribution in [-0.2, 0) is 0 Å². The lowest BCUT2D eigenvalue weighted by Gasteiger charge is -2.12. The molecule has 0 spiro atoms.